The van der Waals surface area contributed by atoms with Crippen LogP contribution in [-0.2, 0) is 0 Å². The number of benzene rings is 2. The van der Waals surface area contributed by atoms with Gasteiger partial charge in [0.1, 0.15) is 0 Å². The summed E-state index contributed by atoms with van der Waals surface area (Å²) in [5, 5.41) is 2.97. The van der Waals surface area contributed by atoms with Crippen molar-refractivity contribution in [3.63, 3.8) is 0 Å². The van der Waals surface area contributed by atoms with E-state index in [1.54, 1.807) is 0 Å². The van der Waals surface area contributed by atoms with E-state index < -0.39 is 0 Å². The maximum absolute atomic E-state index is 12.7. The number of pyridine rings is 1. The van der Waals surface area contributed by atoms with Crippen molar-refractivity contribution < 1.29 is 4.79 Å². The number of carbonyl (C=O) groups excluding carboxylic acids is 1. The molecule has 0 spiro atoms. The van der Waals surface area contributed by atoms with E-state index in [0.717, 1.165) is 22.3 Å². The number of aryl methyl sites for hydroxylation is 1. The Bertz CT molecular complexity index is 1030. The van der Waals surface area contributed by atoms with Crippen molar-refractivity contribution in [2.75, 3.05) is 5.32 Å². The van der Waals surface area contributed by atoms with Crippen LogP contribution in [0.1, 0.15) is 15.9 Å². The van der Waals surface area contributed by atoms with Crippen LogP contribution < -0.4 is 5.32 Å². The lowest BCUT2D eigenvalue weighted by molar-refractivity contribution is 0.102. The molecular formula is C22H18N2O. The van der Waals surface area contributed by atoms with Crippen LogP contribution in [0.5, 0.6) is 0 Å². The summed E-state index contributed by atoms with van der Waals surface area (Å²) in [4.78, 5) is 12.7. The number of aromatic nitrogens is 1. The third-order valence-corrected chi connectivity index (χ3v) is 4.30. The molecule has 1 amide bonds. The van der Waals surface area contributed by atoms with E-state index in [1.165, 1.54) is 5.56 Å². The Morgan fingerprint density at radius 1 is 0.880 bits per heavy atom. The minimum atomic E-state index is -0.104. The van der Waals surface area contributed by atoms with Crippen molar-refractivity contribution in [3.05, 3.63) is 96.3 Å². The molecule has 0 fully saturated rings. The van der Waals surface area contributed by atoms with Crippen LogP contribution in [0.25, 0.3) is 16.6 Å². The standard InChI is InChI=1S/C22H18N2O/c1-16-9-11-19(12-10-16)23-22(25)20-8-5-13-24-15-18(14-21(20)24)17-6-3-2-4-7-17/h2-15H,1H3,(H,23,25). The average molecular weight is 326 g/mol. The van der Waals surface area contributed by atoms with Gasteiger partial charge in [-0.15, -0.1) is 0 Å². The minimum absolute atomic E-state index is 0.104. The van der Waals surface area contributed by atoms with Crippen molar-refractivity contribution in [1.82, 2.24) is 4.40 Å². The SMILES string of the molecule is Cc1ccc(NC(=O)c2cccn3cc(-c4ccccc4)cc23)cc1. The van der Waals surface area contributed by atoms with Crippen molar-refractivity contribution in [2.45, 2.75) is 6.92 Å². The first-order valence-electron chi connectivity index (χ1n) is 8.25. The van der Waals surface area contributed by atoms with Crippen molar-refractivity contribution in [1.29, 1.82) is 0 Å². The Morgan fingerprint density at radius 2 is 1.64 bits per heavy atom. The third kappa shape index (κ3) is 3.04. The zero-order chi connectivity index (χ0) is 17.2. The Hall–Kier alpha value is -3.33. The Kier molecular flexibility index (Phi) is 3.82. The number of rotatable bonds is 3. The second-order valence-corrected chi connectivity index (χ2v) is 6.13. The fourth-order valence-electron chi connectivity index (χ4n) is 2.95. The van der Waals surface area contributed by atoms with Crippen molar-refractivity contribution in [3.8, 4) is 11.1 Å². The summed E-state index contributed by atoms with van der Waals surface area (Å²) in [5.74, 6) is -0.104. The van der Waals surface area contributed by atoms with Gasteiger partial charge in [-0.1, -0.05) is 48.0 Å². The highest BCUT2D eigenvalue weighted by Gasteiger charge is 2.12. The van der Waals surface area contributed by atoms with Gasteiger partial charge in [-0.25, -0.2) is 0 Å². The highest BCUT2D eigenvalue weighted by atomic mass is 16.1. The quantitative estimate of drug-likeness (QED) is 0.554. The minimum Gasteiger partial charge on any atom is -0.322 e. The number of fused-ring (bicyclic) bond motifs is 1. The maximum Gasteiger partial charge on any atom is 0.257 e. The van der Waals surface area contributed by atoms with Crippen LogP contribution in [0.3, 0.4) is 0 Å². The van der Waals surface area contributed by atoms with Gasteiger partial charge in [-0.2, -0.15) is 0 Å². The molecule has 4 aromatic rings. The lowest BCUT2D eigenvalue weighted by atomic mass is 10.1. The number of anilines is 1. The molecule has 122 valence electrons. The van der Waals surface area contributed by atoms with E-state index in [-0.39, 0.29) is 5.91 Å². The molecule has 0 saturated carbocycles. The van der Waals surface area contributed by atoms with E-state index >= 15 is 0 Å². The first kappa shape index (κ1) is 15.2. The molecule has 2 aromatic heterocycles. The van der Waals surface area contributed by atoms with Gasteiger partial charge in [0.05, 0.1) is 11.1 Å². The summed E-state index contributed by atoms with van der Waals surface area (Å²) in [6, 6.07) is 23.8. The molecule has 0 atom stereocenters. The first-order valence-corrected chi connectivity index (χ1v) is 8.25. The molecule has 0 unspecified atom stereocenters. The lowest BCUT2D eigenvalue weighted by Gasteiger charge is -2.07. The molecule has 3 heteroatoms. The zero-order valence-corrected chi connectivity index (χ0v) is 13.9. The zero-order valence-electron chi connectivity index (χ0n) is 13.9. The number of carbonyl (C=O) groups is 1. The molecule has 25 heavy (non-hydrogen) atoms. The Morgan fingerprint density at radius 3 is 2.40 bits per heavy atom. The smallest absolute Gasteiger partial charge is 0.257 e. The molecule has 0 aliphatic carbocycles. The van der Waals surface area contributed by atoms with Gasteiger partial charge in [-0.05, 0) is 42.8 Å². The van der Waals surface area contributed by atoms with E-state index in [1.807, 2.05) is 78.3 Å². The lowest BCUT2D eigenvalue weighted by Crippen LogP contribution is -2.12. The highest BCUT2D eigenvalue weighted by Crippen LogP contribution is 2.25. The summed E-state index contributed by atoms with van der Waals surface area (Å²) < 4.78 is 1.99. The maximum atomic E-state index is 12.7. The number of hydrogen-bond acceptors (Lipinski definition) is 1. The second-order valence-electron chi connectivity index (χ2n) is 6.13. The van der Waals surface area contributed by atoms with E-state index in [2.05, 4.69) is 23.5 Å². The first-order chi connectivity index (χ1) is 12.2. The molecule has 1 N–H and O–H groups in total. The largest absolute Gasteiger partial charge is 0.322 e. The fourth-order valence-corrected chi connectivity index (χ4v) is 2.95. The molecular weight excluding hydrogens is 308 g/mol. The van der Waals surface area contributed by atoms with Gasteiger partial charge in [0.15, 0.2) is 0 Å². The van der Waals surface area contributed by atoms with Gasteiger partial charge >= 0.3 is 0 Å². The van der Waals surface area contributed by atoms with Gasteiger partial charge in [0.2, 0.25) is 0 Å². The monoisotopic (exact) mass is 326 g/mol. The molecule has 0 aliphatic rings. The van der Waals surface area contributed by atoms with Crippen LogP contribution in [0, 0.1) is 6.92 Å². The average Bonchev–Trinajstić information content (AvgIpc) is 3.08. The molecule has 2 aromatic carbocycles. The van der Waals surface area contributed by atoms with Gasteiger partial charge in [0.25, 0.3) is 5.91 Å². The number of nitrogens with one attached hydrogen (secondary N) is 1. The van der Waals surface area contributed by atoms with E-state index in [0.29, 0.717) is 5.56 Å². The summed E-state index contributed by atoms with van der Waals surface area (Å²) in [7, 11) is 0. The van der Waals surface area contributed by atoms with Gasteiger partial charge < -0.3 is 9.72 Å². The topological polar surface area (TPSA) is 33.5 Å². The Labute approximate surface area is 146 Å². The summed E-state index contributed by atoms with van der Waals surface area (Å²) in [5.41, 5.74) is 5.75. The molecule has 0 bridgehead atoms. The second kappa shape index (κ2) is 6.29. The van der Waals surface area contributed by atoms with Crippen LogP contribution in [0.2, 0.25) is 0 Å². The van der Waals surface area contributed by atoms with Crippen molar-refractivity contribution >= 4 is 17.1 Å². The third-order valence-electron chi connectivity index (χ3n) is 4.30. The summed E-state index contributed by atoms with van der Waals surface area (Å²) in [6.07, 6.45) is 4.01. The predicted molar refractivity (Wildman–Crippen MR) is 102 cm³/mol. The Balaban J connectivity index is 1.70. The fraction of sp³-hybridized carbons (Fsp3) is 0.0455. The van der Waals surface area contributed by atoms with Crippen LogP contribution in [0.4, 0.5) is 5.69 Å². The summed E-state index contributed by atoms with van der Waals surface area (Å²) in [6.45, 7) is 2.03. The number of nitrogens with zero attached hydrogens (tertiary/aromatic N) is 1. The van der Waals surface area contributed by atoms with Crippen LogP contribution in [-0.4, -0.2) is 10.3 Å². The van der Waals surface area contributed by atoms with Crippen LogP contribution in [0.15, 0.2) is 85.2 Å². The molecule has 0 saturated heterocycles. The molecule has 3 nitrogen and oxygen atoms in total. The van der Waals surface area contributed by atoms with Crippen molar-refractivity contribution in [2.24, 2.45) is 0 Å². The number of hydrogen-bond donors (Lipinski definition) is 1. The van der Waals surface area contributed by atoms with Crippen LogP contribution >= 0.6 is 0 Å². The molecule has 4 rings (SSSR count). The van der Waals surface area contributed by atoms with Gasteiger partial charge in [-0.3, -0.25) is 4.79 Å². The molecule has 0 aliphatic heterocycles. The van der Waals surface area contributed by atoms with Gasteiger partial charge in [0, 0.05) is 23.6 Å². The molecule has 2 heterocycles. The number of amides is 1. The normalized spacial score (nSPS) is 10.8. The molecule has 0 radical (unpaired) electrons. The highest BCUT2D eigenvalue weighted by molar-refractivity contribution is 6.09. The van der Waals surface area contributed by atoms with E-state index in [4.69, 9.17) is 0 Å². The van der Waals surface area contributed by atoms with E-state index in [9.17, 15) is 4.79 Å². The summed E-state index contributed by atoms with van der Waals surface area (Å²) >= 11 is 0. The predicted octanol–water partition coefficient (Wildman–Crippen LogP) is 5.17.